The van der Waals surface area contributed by atoms with Crippen molar-refractivity contribution in [3.8, 4) is 5.69 Å². The Balaban J connectivity index is 1.38. The summed E-state index contributed by atoms with van der Waals surface area (Å²) in [5, 5.41) is 7.54. The Hall–Kier alpha value is -2.18. The molecular formula is C21H29N3O3. The molecule has 1 aliphatic heterocycles. The van der Waals surface area contributed by atoms with Gasteiger partial charge in [-0.05, 0) is 57.2 Å². The lowest BCUT2D eigenvalue weighted by atomic mass is 10.1. The van der Waals surface area contributed by atoms with Gasteiger partial charge in [0, 0.05) is 19.3 Å². The number of nitrogens with one attached hydrogen (secondary N) is 1. The summed E-state index contributed by atoms with van der Waals surface area (Å²) in [6, 6.07) is 10.1. The Morgan fingerprint density at radius 2 is 2.22 bits per heavy atom. The van der Waals surface area contributed by atoms with Crippen molar-refractivity contribution in [1.82, 2.24) is 15.1 Å². The number of benzene rings is 1. The van der Waals surface area contributed by atoms with Gasteiger partial charge in [-0.15, -0.1) is 0 Å². The Morgan fingerprint density at radius 1 is 1.41 bits per heavy atom. The molecule has 0 bridgehead atoms. The van der Waals surface area contributed by atoms with Crippen LogP contribution >= 0.6 is 0 Å². The summed E-state index contributed by atoms with van der Waals surface area (Å²) < 4.78 is 13.0. The minimum absolute atomic E-state index is 0.0651. The van der Waals surface area contributed by atoms with E-state index in [0.717, 1.165) is 43.7 Å². The van der Waals surface area contributed by atoms with Gasteiger partial charge in [0.1, 0.15) is 6.10 Å². The van der Waals surface area contributed by atoms with Crippen molar-refractivity contribution in [1.29, 1.82) is 0 Å². The van der Waals surface area contributed by atoms with Crippen molar-refractivity contribution in [2.24, 2.45) is 0 Å². The molecule has 1 aromatic carbocycles. The number of aryl methyl sites for hydroxylation is 2. The van der Waals surface area contributed by atoms with Crippen molar-refractivity contribution < 1.29 is 14.3 Å². The van der Waals surface area contributed by atoms with Crippen LogP contribution in [0.2, 0.25) is 0 Å². The van der Waals surface area contributed by atoms with E-state index in [1.807, 2.05) is 41.9 Å². The first-order valence-electron chi connectivity index (χ1n) is 9.75. The van der Waals surface area contributed by atoms with Gasteiger partial charge in [-0.25, -0.2) is 4.68 Å². The van der Waals surface area contributed by atoms with Gasteiger partial charge in [-0.3, -0.25) is 4.79 Å². The summed E-state index contributed by atoms with van der Waals surface area (Å²) in [6.07, 6.45) is 5.61. The van der Waals surface area contributed by atoms with Gasteiger partial charge < -0.3 is 14.8 Å². The smallest absolute Gasteiger partial charge is 0.248 e. The largest absolute Gasteiger partial charge is 0.376 e. The van der Waals surface area contributed by atoms with Gasteiger partial charge in [0.2, 0.25) is 5.91 Å². The van der Waals surface area contributed by atoms with Gasteiger partial charge >= 0.3 is 0 Å². The second kappa shape index (κ2) is 9.67. The molecule has 6 heteroatoms. The zero-order chi connectivity index (χ0) is 19.1. The minimum atomic E-state index is -0.447. The van der Waals surface area contributed by atoms with Crippen LogP contribution in [0.3, 0.4) is 0 Å². The lowest BCUT2D eigenvalue weighted by Gasteiger charge is -2.16. The predicted molar refractivity (Wildman–Crippen MR) is 104 cm³/mol. The molecule has 2 aromatic rings. The first-order chi connectivity index (χ1) is 13.1. The molecule has 1 aromatic heterocycles. The highest BCUT2D eigenvalue weighted by Gasteiger charge is 2.19. The molecule has 2 unspecified atom stereocenters. The topological polar surface area (TPSA) is 65.4 Å². The van der Waals surface area contributed by atoms with Crippen LogP contribution in [0.1, 0.15) is 37.4 Å². The van der Waals surface area contributed by atoms with Gasteiger partial charge in [0.05, 0.1) is 24.1 Å². The van der Waals surface area contributed by atoms with E-state index in [0.29, 0.717) is 13.2 Å². The minimum Gasteiger partial charge on any atom is -0.376 e. The van der Waals surface area contributed by atoms with Crippen molar-refractivity contribution in [2.45, 2.75) is 51.7 Å². The maximum absolute atomic E-state index is 12.1. The molecule has 2 heterocycles. The fourth-order valence-corrected chi connectivity index (χ4v) is 3.19. The summed E-state index contributed by atoms with van der Waals surface area (Å²) in [5.74, 6) is -0.0651. The molecule has 27 heavy (non-hydrogen) atoms. The van der Waals surface area contributed by atoms with Crippen LogP contribution < -0.4 is 5.32 Å². The normalized spacial score (nSPS) is 17.8. The molecular weight excluding hydrogens is 342 g/mol. The quantitative estimate of drug-likeness (QED) is 0.689. The number of rotatable bonds is 9. The molecule has 146 valence electrons. The number of hydrogen-bond acceptors (Lipinski definition) is 4. The number of nitrogens with zero attached hydrogens (tertiary/aromatic N) is 2. The lowest BCUT2D eigenvalue weighted by Crippen LogP contribution is -2.36. The number of aromatic nitrogens is 2. The van der Waals surface area contributed by atoms with Crippen LogP contribution in [-0.4, -0.2) is 47.7 Å². The molecule has 3 rings (SSSR count). The Labute approximate surface area is 160 Å². The molecule has 2 atom stereocenters. The number of carbonyl (C=O) groups is 1. The molecule has 0 radical (unpaired) electrons. The van der Waals surface area contributed by atoms with Gasteiger partial charge in [0.25, 0.3) is 0 Å². The number of amides is 1. The van der Waals surface area contributed by atoms with E-state index in [1.54, 1.807) is 6.92 Å². The zero-order valence-corrected chi connectivity index (χ0v) is 16.2. The highest BCUT2D eigenvalue weighted by Crippen LogP contribution is 2.14. The third-order valence-electron chi connectivity index (χ3n) is 4.87. The SMILES string of the molecule is Cc1nn(-c2ccccc2)cc1CCCNC(=O)C(C)OCC1CCCO1. The first-order valence-corrected chi connectivity index (χ1v) is 9.75. The van der Waals surface area contributed by atoms with Crippen molar-refractivity contribution in [3.05, 3.63) is 47.8 Å². The van der Waals surface area contributed by atoms with Gasteiger partial charge in [-0.2, -0.15) is 5.10 Å². The van der Waals surface area contributed by atoms with E-state index in [2.05, 4.69) is 16.6 Å². The van der Waals surface area contributed by atoms with E-state index < -0.39 is 6.10 Å². The van der Waals surface area contributed by atoms with Crippen LogP contribution in [0.15, 0.2) is 36.5 Å². The third-order valence-corrected chi connectivity index (χ3v) is 4.87. The number of ether oxygens (including phenoxy) is 2. The number of hydrogen-bond donors (Lipinski definition) is 1. The molecule has 0 spiro atoms. The molecule has 1 fully saturated rings. The average Bonchev–Trinajstić information content (AvgIpc) is 3.33. The lowest BCUT2D eigenvalue weighted by molar-refractivity contribution is -0.133. The van der Waals surface area contributed by atoms with Crippen LogP contribution in [0, 0.1) is 6.92 Å². The van der Waals surface area contributed by atoms with Crippen molar-refractivity contribution in [3.63, 3.8) is 0 Å². The van der Waals surface area contributed by atoms with Gasteiger partial charge in [-0.1, -0.05) is 18.2 Å². The summed E-state index contributed by atoms with van der Waals surface area (Å²) >= 11 is 0. The van der Waals surface area contributed by atoms with Crippen LogP contribution in [0.25, 0.3) is 5.69 Å². The van der Waals surface area contributed by atoms with E-state index in [1.165, 1.54) is 5.56 Å². The van der Waals surface area contributed by atoms with Crippen LogP contribution in [0.4, 0.5) is 0 Å². The Bertz CT molecular complexity index is 724. The zero-order valence-electron chi connectivity index (χ0n) is 16.2. The first kappa shape index (κ1) is 19.6. The van der Waals surface area contributed by atoms with Crippen LogP contribution in [0.5, 0.6) is 0 Å². The molecule has 1 aliphatic rings. The molecule has 1 N–H and O–H groups in total. The third kappa shape index (κ3) is 5.65. The fraction of sp³-hybridized carbons (Fsp3) is 0.524. The van der Waals surface area contributed by atoms with E-state index in [-0.39, 0.29) is 12.0 Å². The van der Waals surface area contributed by atoms with E-state index in [4.69, 9.17) is 9.47 Å². The van der Waals surface area contributed by atoms with E-state index in [9.17, 15) is 4.79 Å². The molecule has 1 saturated heterocycles. The predicted octanol–water partition coefficient (Wildman–Crippen LogP) is 2.81. The summed E-state index contributed by atoms with van der Waals surface area (Å²) in [4.78, 5) is 12.1. The van der Waals surface area contributed by atoms with Crippen molar-refractivity contribution in [2.75, 3.05) is 19.8 Å². The van der Waals surface area contributed by atoms with Crippen molar-refractivity contribution >= 4 is 5.91 Å². The monoisotopic (exact) mass is 371 g/mol. The summed E-state index contributed by atoms with van der Waals surface area (Å²) in [5.41, 5.74) is 3.28. The molecule has 0 aliphatic carbocycles. The standard InChI is InChI=1S/C21H29N3O3/c1-16-18(14-24(23-16)19-9-4-3-5-10-19)8-6-12-22-21(25)17(2)27-15-20-11-7-13-26-20/h3-5,9-10,14,17,20H,6-8,11-13,15H2,1-2H3,(H,22,25). The second-order valence-electron chi connectivity index (χ2n) is 7.03. The summed E-state index contributed by atoms with van der Waals surface area (Å²) in [6.45, 7) is 5.73. The fourth-order valence-electron chi connectivity index (χ4n) is 3.19. The molecule has 0 saturated carbocycles. The molecule has 6 nitrogen and oxygen atoms in total. The van der Waals surface area contributed by atoms with Crippen LogP contribution in [-0.2, 0) is 20.7 Å². The second-order valence-corrected chi connectivity index (χ2v) is 7.03. The van der Waals surface area contributed by atoms with E-state index >= 15 is 0 Å². The van der Waals surface area contributed by atoms with Gasteiger partial charge in [0.15, 0.2) is 0 Å². The average molecular weight is 371 g/mol. The highest BCUT2D eigenvalue weighted by molar-refractivity contribution is 5.80. The maximum atomic E-state index is 12.1. The summed E-state index contributed by atoms with van der Waals surface area (Å²) in [7, 11) is 0. The molecule has 1 amide bonds. The maximum Gasteiger partial charge on any atom is 0.248 e. The highest BCUT2D eigenvalue weighted by atomic mass is 16.5. The Morgan fingerprint density at radius 3 is 2.96 bits per heavy atom. The number of para-hydroxylation sites is 1. The Kier molecular flexibility index (Phi) is 7.01. The number of carbonyl (C=O) groups excluding carboxylic acids is 1.